The van der Waals surface area contributed by atoms with Gasteiger partial charge < -0.3 is 19.7 Å². The number of rotatable bonds is 7. The molecule has 1 aromatic carbocycles. The van der Waals surface area contributed by atoms with Crippen LogP contribution >= 0.6 is 0 Å². The van der Waals surface area contributed by atoms with Crippen LogP contribution in [0.1, 0.15) is 76.7 Å². The number of nitrogens with one attached hydrogen (secondary N) is 1. The number of amides is 4. The van der Waals surface area contributed by atoms with Gasteiger partial charge in [-0.15, -0.1) is 0 Å². The van der Waals surface area contributed by atoms with E-state index in [0.29, 0.717) is 17.1 Å². The van der Waals surface area contributed by atoms with Gasteiger partial charge in [-0.25, -0.2) is 4.79 Å². The number of urea groups is 1. The molecule has 3 fully saturated rings. The number of carbonyl (C=O) groups is 3. The van der Waals surface area contributed by atoms with Crippen molar-refractivity contribution in [2.75, 3.05) is 20.8 Å². The molecule has 34 heavy (non-hydrogen) atoms. The van der Waals surface area contributed by atoms with Crippen molar-refractivity contribution >= 4 is 17.8 Å². The second kappa shape index (κ2) is 10.2. The fourth-order valence-corrected chi connectivity index (χ4v) is 5.82. The molecular weight excluding hydrogens is 434 g/mol. The van der Waals surface area contributed by atoms with Gasteiger partial charge in [0, 0.05) is 12.1 Å². The molecule has 1 unspecified atom stereocenters. The molecule has 1 saturated heterocycles. The lowest BCUT2D eigenvalue weighted by molar-refractivity contribution is -0.143. The highest BCUT2D eigenvalue weighted by Crippen LogP contribution is 2.36. The van der Waals surface area contributed by atoms with E-state index in [9.17, 15) is 14.4 Å². The number of carbonyl (C=O) groups excluding carboxylic acids is 3. The molecular formula is C26H37N3O5. The Hall–Kier alpha value is -2.77. The third-order valence-electron chi connectivity index (χ3n) is 7.75. The van der Waals surface area contributed by atoms with Crippen molar-refractivity contribution in [1.82, 2.24) is 15.1 Å². The molecule has 2 saturated carbocycles. The third kappa shape index (κ3) is 4.59. The molecule has 1 heterocycles. The average Bonchev–Trinajstić information content (AvgIpc) is 3.08. The quantitative estimate of drug-likeness (QED) is 0.608. The van der Waals surface area contributed by atoms with Gasteiger partial charge >= 0.3 is 6.03 Å². The van der Waals surface area contributed by atoms with Gasteiger partial charge in [0.1, 0.15) is 12.1 Å². The zero-order valence-corrected chi connectivity index (χ0v) is 20.6. The highest BCUT2D eigenvalue weighted by atomic mass is 16.5. The zero-order chi connectivity index (χ0) is 24.3. The van der Waals surface area contributed by atoms with E-state index in [1.54, 1.807) is 32.2 Å². The minimum Gasteiger partial charge on any atom is -0.493 e. The molecule has 1 aromatic rings. The monoisotopic (exact) mass is 471 g/mol. The summed E-state index contributed by atoms with van der Waals surface area (Å²) < 4.78 is 10.7. The van der Waals surface area contributed by atoms with Crippen LogP contribution in [0, 0.1) is 0 Å². The Kier molecular flexibility index (Phi) is 7.33. The molecule has 4 rings (SSSR count). The minimum absolute atomic E-state index is 0.112. The highest BCUT2D eigenvalue weighted by molar-refractivity contribution is 6.09. The number of nitrogens with zero attached hydrogens (tertiary/aromatic N) is 2. The van der Waals surface area contributed by atoms with E-state index in [1.165, 1.54) is 20.0 Å². The summed E-state index contributed by atoms with van der Waals surface area (Å²) in [5, 5.41) is 2.81. The van der Waals surface area contributed by atoms with Crippen LogP contribution in [-0.2, 0) is 15.1 Å². The Bertz CT molecular complexity index is 905. The lowest BCUT2D eigenvalue weighted by Crippen LogP contribution is -2.53. The summed E-state index contributed by atoms with van der Waals surface area (Å²) in [7, 11) is 3.06. The van der Waals surface area contributed by atoms with E-state index in [2.05, 4.69) is 5.32 Å². The van der Waals surface area contributed by atoms with Crippen molar-refractivity contribution in [2.24, 2.45) is 0 Å². The summed E-state index contributed by atoms with van der Waals surface area (Å²) in [5.74, 6) is 0.469. The molecule has 2 aliphatic carbocycles. The lowest BCUT2D eigenvalue weighted by Gasteiger charge is -2.42. The third-order valence-corrected chi connectivity index (χ3v) is 7.75. The predicted octanol–water partition coefficient (Wildman–Crippen LogP) is 3.96. The number of imide groups is 1. The van der Waals surface area contributed by atoms with Gasteiger partial charge in [-0.3, -0.25) is 14.5 Å². The van der Waals surface area contributed by atoms with Gasteiger partial charge in [-0.1, -0.05) is 44.6 Å². The summed E-state index contributed by atoms with van der Waals surface area (Å²) in [6, 6.07) is 5.02. The van der Waals surface area contributed by atoms with Gasteiger partial charge in [0.05, 0.1) is 14.2 Å². The fourth-order valence-electron chi connectivity index (χ4n) is 5.82. The topological polar surface area (TPSA) is 88.2 Å². The number of benzene rings is 1. The van der Waals surface area contributed by atoms with Crippen LogP contribution in [0.15, 0.2) is 18.2 Å². The second-order valence-electron chi connectivity index (χ2n) is 9.90. The smallest absolute Gasteiger partial charge is 0.325 e. The molecule has 8 nitrogen and oxygen atoms in total. The predicted molar refractivity (Wildman–Crippen MR) is 128 cm³/mol. The highest BCUT2D eigenvalue weighted by Gasteiger charge is 2.50. The Morgan fingerprint density at radius 1 is 0.971 bits per heavy atom. The zero-order valence-electron chi connectivity index (χ0n) is 20.6. The van der Waals surface area contributed by atoms with Crippen LogP contribution in [0.5, 0.6) is 11.5 Å². The fraction of sp³-hybridized carbons (Fsp3) is 0.654. The van der Waals surface area contributed by atoms with Crippen LogP contribution < -0.4 is 14.8 Å². The van der Waals surface area contributed by atoms with Crippen LogP contribution in [0.25, 0.3) is 0 Å². The average molecular weight is 472 g/mol. The summed E-state index contributed by atoms with van der Waals surface area (Å²) in [4.78, 5) is 43.2. The first-order chi connectivity index (χ1) is 16.4. The van der Waals surface area contributed by atoms with E-state index in [4.69, 9.17) is 9.47 Å². The summed E-state index contributed by atoms with van der Waals surface area (Å²) in [6.07, 6.45) is 10.9. The van der Waals surface area contributed by atoms with E-state index >= 15 is 0 Å². The van der Waals surface area contributed by atoms with E-state index < -0.39 is 17.5 Å². The maximum absolute atomic E-state index is 13.6. The van der Waals surface area contributed by atoms with Crippen molar-refractivity contribution < 1.29 is 23.9 Å². The van der Waals surface area contributed by atoms with E-state index in [1.807, 2.05) is 4.90 Å². The normalized spacial score (nSPS) is 24.1. The first kappa shape index (κ1) is 24.4. The lowest BCUT2D eigenvalue weighted by atomic mass is 9.88. The van der Waals surface area contributed by atoms with Gasteiger partial charge in [0.15, 0.2) is 11.5 Å². The first-order valence-electron chi connectivity index (χ1n) is 12.6. The molecule has 186 valence electrons. The molecule has 3 aliphatic rings. The molecule has 4 amide bonds. The second-order valence-corrected chi connectivity index (χ2v) is 9.90. The van der Waals surface area contributed by atoms with E-state index in [-0.39, 0.29) is 24.5 Å². The van der Waals surface area contributed by atoms with Gasteiger partial charge in [0.2, 0.25) is 5.91 Å². The van der Waals surface area contributed by atoms with Gasteiger partial charge in [-0.05, 0) is 50.3 Å². The summed E-state index contributed by atoms with van der Waals surface area (Å²) in [6.45, 7) is 1.44. The van der Waals surface area contributed by atoms with Crippen molar-refractivity contribution in [3.05, 3.63) is 23.8 Å². The van der Waals surface area contributed by atoms with Crippen molar-refractivity contribution in [3.63, 3.8) is 0 Å². The Morgan fingerprint density at radius 2 is 1.53 bits per heavy atom. The number of hydrogen-bond donors (Lipinski definition) is 1. The van der Waals surface area contributed by atoms with Crippen LogP contribution in [0.4, 0.5) is 4.79 Å². The van der Waals surface area contributed by atoms with E-state index in [0.717, 1.165) is 56.3 Å². The molecule has 0 radical (unpaired) electrons. The van der Waals surface area contributed by atoms with Crippen molar-refractivity contribution in [3.8, 4) is 11.5 Å². The largest absolute Gasteiger partial charge is 0.493 e. The van der Waals surface area contributed by atoms with Crippen molar-refractivity contribution in [1.29, 1.82) is 0 Å². The molecule has 8 heteroatoms. The summed E-state index contributed by atoms with van der Waals surface area (Å²) in [5.41, 5.74) is -0.702. The van der Waals surface area contributed by atoms with Gasteiger partial charge in [0.25, 0.3) is 5.91 Å². The number of methoxy groups -OCH3 is 2. The maximum Gasteiger partial charge on any atom is 0.325 e. The van der Waals surface area contributed by atoms with Crippen LogP contribution in [0.3, 0.4) is 0 Å². The Labute approximate surface area is 201 Å². The molecule has 1 N–H and O–H groups in total. The summed E-state index contributed by atoms with van der Waals surface area (Å²) >= 11 is 0. The number of hydrogen-bond acceptors (Lipinski definition) is 5. The van der Waals surface area contributed by atoms with Crippen LogP contribution in [-0.4, -0.2) is 60.5 Å². The van der Waals surface area contributed by atoms with Crippen LogP contribution in [0.2, 0.25) is 0 Å². The first-order valence-corrected chi connectivity index (χ1v) is 12.6. The molecule has 1 atom stereocenters. The molecule has 0 bridgehead atoms. The maximum atomic E-state index is 13.6. The molecule has 0 spiro atoms. The SMILES string of the molecule is COc1ccc(C2(C)NC(=O)N(CC(=O)N(C3CCCCC3)C3CCCCC3)C2=O)cc1OC. The Balaban J connectivity index is 1.55. The minimum atomic E-state index is -1.28. The Morgan fingerprint density at radius 3 is 2.06 bits per heavy atom. The molecule has 0 aromatic heterocycles. The van der Waals surface area contributed by atoms with Crippen molar-refractivity contribution in [2.45, 2.75) is 88.8 Å². The van der Waals surface area contributed by atoms with Gasteiger partial charge in [-0.2, -0.15) is 0 Å². The molecule has 1 aliphatic heterocycles. The number of ether oxygens (including phenoxy) is 2. The standard InChI is InChI=1S/C26H37N3O5/c1-26(18-14-15-21(33-2)22(16-18)34-3)24(31)28(25(32)27-26)17-23(30)29(19-10-6-4-7-11-19)20-12-8-5-9-13-20/h14-16,19-20H,4-13,17H2,1-3H3,(H,27,32).